The van der Waals surface area contributed by atoms with Gasteiger partial charge in [0, 0.05) is 17.7 Å². The van der Waals surface area contributed by atoms with Gasteiger partial charge in [-0.05, 0) is 31.9 Å². The van der Waals surface area contributed by atoms with Crippen molar-refractivity contribution in [2.75, 3.05) is 6.26 Å². The van der Waals surface area contributed by atoms with Crippen LogP contribution >= 0.6 is 0 Å². The van der Waals surface area contributed by atoms with Gasteiger partial charge in [0.25, 0.3) is 0 Å². The summed E-state index contributed by atoms with van der Waals surface area (Å²) in [6.45, 7) is 2.02. The minimum absolute atomic E-state index is 0.00440. The molecule has 3 rings (SSSR count). The molecule has 1 heterocycles. The Bertz CT molecular complexity index is 702. The molecule has 1 saturated carbocycles. The number of fused-ring (bicyclic) bond motifs is 1. The van der Waals surface area contributed by atoms with Gasteiger partial charge in [0.05, 0.1) is 11.3 Å². The molecule has 1 aromatic carbocycles. The van der Waals surface area contributed by atoms with Gasteiger partial charge in [0.2, 0.25) is 0 Å². The maximum absolute atomic E-state index is 11.8. The lowest BCUT2D eigenvalue weighted by Gasteiger charge is -2.22. The second-order valence-corrected chi connectivity index (χ2v) is 8.24. The Morgan fingerprint density at radius 2 is 2.05 bits per heavy atom. The van der Waals surface area contributed by atoms with Crippen LogP contribution < -0.4 is 5.32 Å². The van der Waals surface area contributed by atoms with Crippen LogP contribution in [-0.4, -0.2) is 26.0 Å². The highest BCUT2D eigenvalue weighted by Crippen LogP contribution is 2.29. The summed E-state index contributed by atoms with van der Waals surface area (Å²) in [5, 5.41) is 4.24. The highest BCUT2D eigenvalue weighted by Gasteiger charge is 2.35. The molecular formula is C16H21NO3S. The molecule has 0 saturated heterocycles. The Kier molecular flexibility index (Phi) is 3.80. The zero-order valence-electron chi connectivity index (χ0n) is 12.4. The average molecular weight is 307 g/mol. The fraction of sp³-hybridized carbons (Fsp3) is 0.500. The van der Waals surface area contributed by atoms with Crippen LogP contribution in [0.3, 0.4) is 0 Å². The Hall–Kier alpha value is -1.33. The van der Waals surface area contributed by atoms with Gasteiger partial charge in [-0.1, -0.05) is 24.6 Å². The predicted octanol–water partition coefficient (Wildman–Crippen LogP) is 3.05. The van der Waals surface area contributed by atoms with Gasteiger partial charge in [-0.15, -0.1) is 0 Å². The summed E-state index contributed by atoms with van der Waals surface area (Å²) in [6, 6.07) is 9.94. The Labute approximate surface area is 125 Å². The topological polar surface area (TPSA) is 59.3 Å². The molecular weight excluding hydrogens is 286 g/mol. The molecule has 3 atom stereocenters. The smallest absolute Gasteiger partial charge is 0.151 e. The molecule has 1 aliphatic rings. The minimum Gasteiger partial charge on any atom is -0.459 e. The lowest BCUT2D eigenvalue weighted by Crippen LogP contribution is -2.41. The Morgan fingerprint density at radius 1 is 1.29 bits per heavy atom. The summed E-state index contributed by atoms with van der Waals surface area (Å²) < 4.78 is 29.5. The number of rotatable bonds is 4. The van der Waals surface area contributed by atoms with Gasteiger partial charge in [0.15, 0.2) is 9.84 Å². The van der Waals surface area contributed by atoms with E-state index in [1.54, 1.807) is 0 Å². The zero-order chi connectivity index (χ0) is 15.0. The number of nitrogens with one attached hydrogen (secondary N) is 1. The molecule has 0 spiro atoms. The van der Waals surface area contributed by atoms with Crippen molar-refractivity contribution >= 4 is 20.8 Å². The highest BCUT2D eigenvalue weighted by atomic mass is 32.2. The van der Waals surface area contributed by atoms with Crippen LogP contribution in [0.2, 0.25) is 0 Å². The first-order chi connectivity index (χ1) is 9.95. The third-order valence-corrected chi connectivity index (χ3v) is 6.00. The van der Waals surface area contributed by atoms with Crippen molar-refractivity contribution in [3.63, 3.8) is 0 Å². The van der Waals surface area contributed by atoms with Crippen LogP contribution in [0.1, 0.15) is 38.0 Å². The molecule has 3 unspecified atom stereocenters. The fourth-order valence-electron chi connectivity index (χ4n) is 3.25. The highest BCUT2D eigenvalue weighted by molar-refractivity contribution is 7.91. The molecule has 4 nitrogen and oxygen atoms in total. The molecule has 0 bridgehead atoms. The second kappa shape index (κ2) is 5.46. The largest absolute Gasteiger partial charge is 0.459 e. The molecule has 21 heavy (non-hydrogen) atoms. The summed E-state index contributed by atoms with van der Waals surface area (Å²) in [5.74, 6) is 0.857. The van der Waals surface area contributed by atoms with E-state index in [1.807, 2.05) is 37.3 Å². The number of para-hydroxylation sites is 1. The number of furan rings is 1. The van der Waals surface area contributed by atoms with Crippen LogP contribution in [0.5, 0.6) is 0 Å². The number of hydrogen-bond donors (Lipinski definition) is 1. The molecule has 2 aromatic rings. The van der Waals surface area contributed by atoms with Crippen LogP contribution in [-0.2, 0) is 9.84 Å². The van der Waals surface area contributed by atoms with E-state index in [9.17, 15) is 8.42 Å². The van der Waals surface area contributed by atoms with Crippen molar-refractivity contribution in [3.8, 4) is 0 Å². The van der Waals surface area contributed by atoms with E-state index in [0.717, 1.165) is 36.0 Å². The van der Waals surface area contributed by atoms with Gasteiger partial charge in [0.1, 0.15) is 11.3 Å². The quantitative estimate of drug-likeness (QED) is 0.943. The van der Waals surface area contributed by atoms with E-state index in [0.29, 0.717) is 0 Å². The first-order valence-corrected chi connectivity index (χ1v) is 9.34. The van der Waals surface area contributed by atoms with Gasteiger partial charge in [-0.3, -0.25) is 0 Å². The standard InChI is InChI=1S/C16H21NO3S/c1-11(15-10-12-6-3-4-8-14(12)20-15)17-13-7-5-9-16(13)21(2,18)19/h3-4,6,8,10-11,13,16-17H,5,7,9H2,1-2H3. The van der Waals surface area contributed by atoms with E-state index in [2.05, 4.69) is 5.32 Å². The third-order valence-electron chi connectivity index (χ3n) is 4.34. The van der Waals surface area contributed by atoms with Crippen molar-refractivity contribution in [1.29, 1.82) is 0 Å². The first-order valence-electron chi connectivity index (χ1n) is 7.38. The number of sulfone groups is 1. The summed E-state index contributed by atoms with van der Waals surface area (Å²) in [4.78, 5) is 0. The van der Waals surface area contributed by atoms with Crippen LogP contribution in [0.15, 0.2) is 34.7 Å². The van der Waals surface area contributed by atoms with Crippen molar-refractivity contribution < 1.29 is 12.8 Å². The molecule has 1 aliphatic carbocycles. The van der Waals surface area contributed by atoms with E-state index in [-0.39, 0.29) is 17.3 Å². The van der Waals surface area contributed by atoms with Gasteiger partial charge in [-0.25, -0.2) is 8.42 Å². The monoisotopic (exact) mass is 307 g/mol. The molecule has 1 aromatic heterocycles. The average Bonchev–Trinajstić information content (AvgIpc) is 3.03. The Morgan fingerprint density at radius 3 is 2.76 bits per heavy atom. The molecule has 5 heteroatoms. The van der Waals surface area contributed by atoms with E-state index in [1.165, 1.54) is 6.26 Å². The van der Waals surface area contributed by atoms with E-state index >= 15 is 0 Å². The molecule has 0 radical (unpaired) electrons. The molecule has 0 aliphatic heterocycles. The third kappa shape index (κ3) is 2.99. The number of benzene rings is 1. The van der Waals surface area contributed by atoms with Crippen LogP contribution in [0.25, 0.3) is 11.0 Å². The van der Waals surface area contributed by atoms with Gasteiger partial charge >= 0.3 is 0 Å². The summed E-state index contributed by atoms with van der Waals surface area (Å²) in [6.07, 6.45) is 3.96. The maximum Gasteiger partial charge on any atom is 0.151 e. The fourth-order valence-corrected chi connectivity index (χ4v) is 4.65. The normalized spacial score (nSPS) is 24.5. The summed E-state index contributed by atoms with van der Waals surface area (Å²) in [7, 11) is -3.00. The Balaban J connectivity index is 1.78. The van der Waals surface area contributed by atoms with Crippen LogP contribution in [0.4, 0.5) is 0 Å². The summed E-state index contributed by atoms with van der Waals surface area (Å²) >= 11 is 0. The van der Waals surface area contributed by atoms with Crippen molar-refractivity contribution in [1.82, 2.24) is 5.32 Å². The van der Waals surface area contributed by atoms with Crippen molar-refractivity contribution in [2.24, 2.45) is 0 Å². The molecule has 1 N–H and O–H groups in total. The molecule has 1 fully saturated rings. The lowest BCUT2D eigenvalue weighted by molar-refractivity contribution is 0.400. The predicted molar refractivity (Wildman–Crippen MR) is 84.0 cm³/mol. The number of hydrogen-bond acceptors (Lipinski definition) is 4. The summed E-state index contributed by atoms with van der Waals surface area (Å²) in [5.41, 5.74) is 0.868. The van der Waals surface area contributed by atoms with Crippen molar-refractivity contribution in [2.45, 2.75) is 43.5 Å². The maximum atomic E-state index is 11.8. The second-order valence-electron chi connectivity index (χ2n) is 5.98. The SMILES string of the molecule is CC(NC1CCCC1S(C)(=O)=O)c1cc2ccccc2o1. The van der Waals surface area contributed by atoms with E-state index in [4.69, 9.17) is 4.42 Å². The van der Waals surface area contributed by atoms with Crippen molar-refractivity contribution in [3.05, 3.63) is 36.1 Å². The minimum atomic E-state index is -3.00. The van der Waals surface area contributed by atoms with Gasteiger partial charge < -0.3 is 9.73 Å². The lowest BCUT2D eigenvalue weighted by atomic mass is 10.1. The van der Waals surface area contributed by atoms with Gasteiger partial charge in [-0.2, -0.15) is 0 Å². The first kappa shape index (κ1) is 14.6. The molecule has 114 valence electrons. The van der Waals surface area contributed by atoms with Crippen LogP contribution in [0, 0.1) is 0 Å². The zero-order valence-corrected chi connectivity index (χ0v) is 13.2. The van der Waals surface area contributed by atoms with E-state index < -0.39 is 9.84 Å². The molecule has 0 amide bonds.